The van der Waals surface area contributed by atoms with Crippen LogP contribution >= 0.6 is 11.3 Å². The SMILES string of the molecule is Cc1ccc(-c2csc(NC(=O)CN3CCC[C@H](C)C3)n2)cc1. The van der Waals surface area contributed by atoms with Crippen LogP contribution < -0.4 is 5.32 Å². The molecule has 0 unspecified atom stereocenters. The highest BCUT2D eigenvalue weighted by Crippen LogP contribution is 2.25. The van der Waals surface area contributed by atoms with Gasteiger partial charge in [0, 0.05) is 17.5 Å². The Morgan fingerprint density at radius 2 is 2.17 bits per heavy atom. The van der Waals surface area contributed by atoms with Gasteiger partial charge in [0.2, 0.25) is 5.91 Å². The number of anilines is 1. The number of hydrogen-bond donors (Lipinski definition) is 1. The summed E-state index contributed by atoms with van der Waals surface area (Å²) in [4.78, 5) is 19.0. The Hall–Kier alpha value is -1.72. The lowest BCUT2D eigenvalue weighted by Gasteiger charge is -2.29. The van der Waals surface area contributed by atoms with Crippen molar-refractivity contribution in [2.45, 2.75) is 26.7 Å². The number of carbonyl (C=O) groups is 1. The maximum absolute atomic E-state index is 12.2. The molecule has 1 N–H and O–H groups in total. The molecule has 122 valence electrons. The van der Waals surface area contributed by atoms with E-state index in [1.165, 1.54) is 29.7 Å². The maximum atomic E-state index is 12.2. The van der Waals surface area contributed by atoms with Gasteiger partial charge < -0.3 is 5.32 Å². The number of likely N-dealkylation sites (tertiary alicyclic amines) is 1. The number of hydrogen-bond acceptors (Lipinski definition) is 4. The summed E-state index contributed by atoms with van der Waals surface area (Å²) < 4.78 is 0. The number of benzene rings is 1. The zero-order chi connectivity index (χ0) is 16.2. The Morgan fingerprint density at radius 3 is 2.91 bits per heavy atom. The average molecular weight is 329 g/mol. The minimum atomic E-state index is 0.0314. The number of aryl methyl sites for hydroxylation is 1. The highest BCUT2D eigenvalue weighted by Gasteiger charge is 2.19. The molecule has 1 amide bonds. The monoisotopic (exact) mass is 329 g/mol. The summed E-state index contributed by atoms with van der Waals surface area (Å²) in [7, 11) is 0. The smallest absolute Gasteiger partial charge is 0.240 e. The highest BCUT2D eigenvalue weighted by molar-refractivity contribution is 7.14. The number of thiazole rings is 1. The molecular formula is C18H23N3OS. The Kier molecular flexibility index (Phi) is 5.08. The number of nitrogens with one attached hydrogen (secondary N) is 1. The second-order valence-corrected chi connectivity index (χ2v) is 7.29. The van der Waals surface area contributed by atoms with Gasteiger partial charge in [-0.25, -0.2) is 4.98 Å². The highest BCUT2D eigenvalue weighted by atomic mass is 32.1. The quantitative estimate of drug-likeness (QED) is 0.928. The number of aromatic nitrogens is 1. The second kappa shape index (κ2) is 7.23. The first-order valence-electron chi connectivity index (χ1n) is 8.15. The van der Waals surface area contributed by atoms with E-state index in [1.807, 2.05) is 5.38 Å². The molecule has 0 saturated carbocycles. The Bertz CT molecular complexity index is 665. The fraction of sp³-hybridized carbons (Fsp3) is 0.444. The van der Waals surface area contributed by atoms with Crippen molar-refractivity contribution in [2.24, 2.45) is 5.92 Å². The Morgan fingerprint density at radius 1 is 1.39 bits per heavy atom. The third-order valence-electron chi connectivity index (χ3n) is 4.21. The largest absolute Gasteiger partial charge is 0.301 e. The summed E-state index contributed by atoms with van der Waals surface area (Å²) in [5.41, 5.74) is 3.22. The van der Waals surface area contributed by atoms with E-state index in [-0.39, 0.29) is 5.91 Å². The van der Waals surface area contributed by atoms with E-state index in [1.54, 1.807) is 0 Å². The van der Waals surface area contributed by atoms with Crippen molar-refractivity contribution in [1.29, 1.82) is 0 Å². The van der Waals surface area contributed by atoms with Crippen LogP contribution in [0.5, 0.6) is 0 Å². The van der Waals surface area contributed by atoms with Crippen molar-refractivity contribution >= 4 is 22.4 Å². The molecule has 1 aromatic carbocycles. The summed E-state index contributed by atoms with van der Waals surface area (Å²) in [6.07, 6.45) is 2.45. The molecule has 5 heteroatoms. The van der Waals surface area contributed by atoms with Gasteiger partial charge in [-0.15, -0.1) is 11.3 Å². The Balaban J connectivity index is 1.58. The van der Waals surface area contributed by atoms with Crippen molar-refractivity contribution in [3.63, 3.8) is 0 Å². The fourth-order valence-electron chi connectivity index (χ4n) is 2.98. The zero-order valence-electron chi connectivity index (χ0n) is 13.7. The molecule has 1 aliphatic heterocycles. The third kappa shape index (κ3) is 4.39. The maximum Gasteiger partial charge on any atom is 0.240 e. The average Bonchev–Trinajstić information content (AvgIpc) is 2.96. The van der Waals surface area contributed by atoms with Gasteiger partial charge in [-0.05, 0) is 32.2 Å². The first-order valence-corrected chi connectivity index (χ1v) is 9.03. The van der Waals surface area contributed by atoms with Crippen molar-refractivity contribution in [1.82, 2.24) is 9.88 Å². The molecule has 23 heavy (non-hydrogen) atoms. The zero-order valence-corrected chi connectivity index (χ0v) is 14.5. The lowest BCUT2D eigenvalue weighted by atomic mass is 10.0. The van der Waals surface area contributed by atoms with Crippen LogP contribution in [0.3, 0.4) is 0 Å². The van der Waals surface area contributed by atoms with Crippen LogP contribution in [0.2, 0.25) is 0 Å². The van der Waals surface area contributed by atoms with Crippen LogP contribution in [0.4, 0.5) is 5.13 Å². The molecule has 4 nitrogen and oxygen atoms in total. The molecule has 1 aromatic heterocycles. The first-order chi connectivity index (χ1) is 11.1. The summed E-state index contributed by atoms with van der Waals surface area (Å²) in [5, 5.41) is 5.60. The molecule has 0 radical (unpaired) electrons. The van der Waals surface area contributed by atoms with E-state index in [0.717, 1.165) is 24.3 Å². The van der Waals surface area contributed by atoms with Gasteiger partial charge in [-0.1, -0.05) is 36.8 Å². The van der Waals surface area contributed by atoms with Crippen LogP contribution in [-0.4, -0.2) is 35.4 Å². The number of nitrogens with zero attached hydrogens (tertiary/aromatic N) is 2. The summed E-state index contributed by atoms with van der Waals surface area (Å²) in [6, 6.07) is 8.27. The molecule has 1 atom stereocenters. The molecule has 1 aliphatic rings. The number of carbonyl (C=O) groups excluding carboxylic acids is 1. The van der Waals surface area contributed by atoms with Crippen LogP contribution in [0.1, 0.15) is 25.3 Å². The summed E-state index contributed by atoms with van der Waals surface area (Å²) in [6.45, 7) is 6.81. The van der Waals surface area contributed by atoms with Crippen molar-refractivity contribution in [3.8, 4) is 11.3 Å². The molecule has 1 saturated heterocycles. The lowest BCUT2D eigenvalue weighted by molar-refractivity contribution is -0.117. The molecule has 0 bridgehead atoms. The van der Waals surface area contributed by atoms with Crippen molar-refractivity contribution in [2.75, 3.05) is 25.0 Å². The summed E-state index contributed by atoms with van der Waals surface area (Å²) in [5.74, 6) is 0.716. The second-order valence-electron chi connectivity index (χ2n) is 6.43. The first kappa shape index (κ1) is 16.1. The van der Waals surface area contributed by atoms with Crippen LogP contribution in [0.15, 0.2) is 29.6 Å². The number of amides is 1. The van der Waals surface area contributed by atoms with Gasteiger partial charge in [-0.2, -0.15) is 0 Å². The molecular weight excluding hydrogens is 306 g/mol. The van der Waals surface area contributed by atoms with Crippen molar-refractivity contribution < 1.29 is 4.79 Å². The molecule has 2 aromatic rings. The lowest BCUT2D eigenvalue weighted by Crippen LogP contribution is -2.39. The van der Waals surface area contributed by atoms with E-state index in [2.05, 4.69) is 53.3 Å². The predicted octanol–water partition coefficient (Wildman–Crippen LogP) is 3.79. The van der Waals surface area contributed by atoms with Gasteiger partial charge >= 0.3 is 0 Å². The van der Waals surface area contributed by atoms with E-state index in [9.17, 15) is 4.79 Å². The van der Waals surface area contributed by atoms with Crippen LogP contribution in [-0.2, 0) is 4.79 Å². The van der Waals surface area contributed by atoms with Gasteiger partial charge in [0.05, 0.1) is 12.2 Å². The van der Waals surface area contributed by atoms with Crippen LogP contribution in [0, 0.1) is 12.8 Å². The van der Waals surface area contributed by atoms with E-state index < -0.39 is 0 Å². The topological polar surface area (TPSA) is 45.2 Å². The van der Waals surface area contributed by atoms with E-state index >= 15 is 0 Å². The molecule has 3 rings (SSSR count). The molecule has 1 fully saturated rings. The van der Waals surface area contributed by atoms with Gasteiger partial charge in [0.15, 0.2) is 5.13 Å². The van der Waals surface area contributed by atoms with Gasteiger partial charge in [0.25, 0.3) is 0 Å². The molecule has 0 spiro atoms. The minimum Gasteiger partial charge on any atom is -0.301 e. The predicted molar refractivity (Wildman–Crippen MR) is 95.8 cm³/mol. The Labute approximate surface area is 141 Å². The molecule has 0 aliphatic carbocycles. The normalized spacial score (nSPS) is 18.8. The third-order valence-corrected chi connectivity index (χ3v) is 4.96. The van der Waals surface area contributed by atoms with Crippen molar-refractivity contribution in [3.05, 3.63) is 35.2 Å². The van der Waals surface area contributed by atoms with Gasteiger partial charge in [-0.3, -0.25) is 9.69 Å². The van der Waals surface area contributed by atoms with E-state index in [0.29, 0.717) is 17.6 Å². The van der Waals surface area contributed by atoms with E-state index in [4.69, 9.17) is 0 Å². The van der Waals surface area contributed by atoms with Gasteiger partial charge in [0.1, 0.15) is 0 Å². The van der Waals surface area contributed by atoms with Crippen LogP contribution in [0.25, 0.3) is 11.3 Å². The fourth-order valence-corrected chi connectivity index (χ4v) is 3.72. The molecule has 2 heterocycles. The summed E-state index contributed by atoms with van der Waals surface area (Å²) >= 11 is 1.48. The number of rotatable bonds is 4. The number of piperidine rings is 1. The standard InChI is InChI=1S/C18H23N3OS/c1-13-5-7-15(8-6-13)16-12-23-18(19-16)20-17(22)11-21-9-3-4-14(2)10-21/h5-8,12,14H,3-4,9-11H2,1-2H3,(H,19,20,22)/t14-/m0/s1. The minimum absolute atomic E-state index is 0.0314.